The fourth-order valence-electron chi connectivity index (χ4n) is 2.71. The van der Waals surface area contributed by atoms with Crippen molar-refractivity contribution in [3.8, 4) is 0 Å². The molecule has 0 bridgehead atoms. The molecule has 2 aromatic rings. The number of nitrogens with zero attached hydrogens (tertiary/aromatic N) is 2. The maximum atomic E-state index is 13.6. The van der Waals surface area contributed by atoms with Crippen molar-refractivity contribution in [2.45, 2.75) is 31.7 Å². The van der Waals surface area contributed by atoms with Gasteiger partial charge >= 0.3 is 0 Å². The van der Waals surface area contributed by atoms with Crippen molar-refractivity contribution in [1.29, 1.82) is 0 Å². The van der Waals surface area contributed by atoms with Gasteiger partial charge in [0.15, 0.2) is 0 Å². The second-order valence-corrected chi connectivity index (χ2v) is 5.18. The van der Waals surface area contributed by atoms with Gasteiger partial charge < -0.3 is 5.32 Å². The van der Waals surface area contributed by atoms with Crippen molar-refractivity contribution in [3.63, 3.8) is 0 Å². The van der Waals surface area contributed by atoms with Crippen LogP contribution in [0.5, 0.6) is 0 Å². The van der Waals surface area contributed by atoms with E-state index >= 15 is 0 Å². The molecule has 0 radical (unpaired) electrons. The fraction of sp³-hybridized carbons (Fsp3) is 0.333. The van der Waals surface area contributed by atoms with Crippen LogP contribution in [0.3, 0.4) is 0 Å². The lowest BCUT2D eigenvalue weighted by atomic mass is 10.2. The average molecular weight is 291 g/mol. The third-order valence-electron chi connectivity index (χ3n) is 3.76. The summed E-state index contributed by atoms with van der Waals surface area (Å²) in [6, 6.07) is 4.73. The molecule has 1 saturated carbocycles. The van der Waals surface area contributed by atoms with E-state index in [0.717, 1.165) is 43.9 Å². The van der Waals surface area contributed by atoms with Crippen molar-refractivity contribution in [2.24, 2.45) is 0 Å². The van der Waals surface area contributed by atoms with Crippen molar-refractivity contribution in [2.75, 3.05) is 5.32 Å². The number of nitrogens with one attached hydrogen (secondary N) is 1. The molecule has 1 aliphatic rings. The van der Waals surface area contributed by atoms with Crippen molar-refractivity contribution < 1.29 is 13.6 Å². The number of anilines is 1. The summed E-state index contributed by atoms with van der Waals surface area (Å²) >= 11 is 0. The van der Waals surface area contributed by atoms with Gasteiger partial charge in [0.05, 0.1) is 17.8 Å². The predicted molar refractivity (Wildman–Crippen MR) is 74.0 cm³/mol. The number of carbonyl (C=O) groups excluding carboxylic acids is 1. The molecule has 1 amide bonds. The highest BCUT2D eigenvalue weighted by Crippen LogP contribution is 2.31. The number of benzene rings is 1. The van der Waals surface area contributed by atoms with E-state index in [9.17, 15) is 13.6 Å². The zero-order valence-electron chi connectivity index (χ0n) is 11.4. The van der Waals surface area contributed by atoms with Gasteiger partial charge in [-0.1, -0.05) is 12.8 Å². The Balaban J connectivity index is 1.82. The molecule has 1 N–H and O–H groups in total. The van der Waals surface area contributed by atoms with Crippen LogP contribution in [0.4, 0.5) is 14.6 Å². The van der Waals surface area contributed by atoms with E-state index in [-0.39, 0.29) is 11.6 Å². The van der Waals surface area contributed by atoms with E-state index in [1.165, 1.54) is 0 Å². The molecule has 4 nitrogen and oxygen atoms in total. The van der Waals surface area contributed by atoms with Gasteiger partial charge in [-0.05, 0) is 31.0 Å². The molecule has 1 fully saturated rings. The van der Waals surface area contributed by atoms with Crippen LogP contribution in [0.25, 0.3) is 0 Å². The largest absolute Gasteiger partial charge is 0.307 e. The van der Waals surface area contributed by atoms with Crippen molar-refractivity contribution in [3.05, 3.63) is 47.7 Å². The maximum Gasteiger partial charge on any atom is 0.259 e. The van der Waals surface area contributed by atoms with Crippen molar-refractivity contribution in [1.82, 2.24) is 9.78 Å². The monoisotopic (exact) mass is 291 g/mol. The smallest absolute Gasteiger partial charge is 0.259 e. The molecule has 21 heavy (non-hydrogen) atoms. The SMILES string of the molecule is O=C(Nc1ccnn1C1CCCC1)c1cc(F)ccc1F. The Labute approximate surface area is 120 Å². The lowest BCUT2D eigenvalue weighted by Gasteiger charge is -2.14. The lowest BCUT2D eigenvalue weighted by Crippen LogP contribution is -2.18. The highest BCUT2D eigenvalue weighted by atomic mass is 19.1. The maximum absolute atomic E-state index is 13.6. The van der Waals surface area contributed by atoms with Crippen LogP contribution in [-0.2, 0) is 0 Å². The first-order chi connectivity index (χ1) is 10.1. The minimum absolute atomic E-state index is 0.257. The van der Waals surface area contributed by atoms with Gasteiger partial charge in [0, 0.05) is 6.07 Å². The molecule has 1 aliphatic carbocycles. The Bertz CT molecular complexity index is 663. The van der Waals surface area contributed by atoms with E-state index in [4.69, 9.17) is 0 Å². The van der Waals surface area contributed by atoms with E-state index in [2.05, 4.69) is 10.4 Å². The number of rotatable bonds is 3. The summed E-state index contributed by atoms with van der Waals surface area (Å²) in [5.74, 6) is -1.56. The van der Waals surface area contributed by atoms with Gasteiger partial charge in [-0.2, -0.15) is 5.10 Å². The Hall–Kier alpha value is -2.24. The summed E-state index contributed by atoms with van der Waals surface area (Å²) < 4.78 is 28.5. The summed E-state index contributed by atoms with van der Waals surface area (Å²) in [6.07, 6.45) is 5.89. The van der Waals surface area contributed by atoms with Crippen molar-refractivity contribution >= 4 is 11.7 Å². The molecule has 0 spiro atoms. The first-order valence-corrected chi connectivity index (χ1v) is 6.95. The quantitative estimate of drug-likeness (QED) is 0.940. The topological polar surface area (TPSA) is 46.9 Å². The number of carbonyl (C=O) groups is 1. The molecule has 110 valence electrons. The standard InChI is InChI=1S/C15H15F2N3O/c16-10-5-6-13(17)12(9-10)15(21)19-14-7-8-18-20(14)11-3-1-2-4-11/h5-9,11H,1-4H2,(H,19,21). The number of hydrogen-bond acceptors (Lipinski definition) is 2. The third-order valence-corrected chi connectivity index (χ3v) is 3.76. The number of aromatic nitrogens is 2. The van der Waals surface area contributed by atoms with Gasteiger partial charge in [0.25, 0.3) is 5.91 Å². The summed E-state index contributed by atoms with van der Waals surface area (Å²) in [4.78, 5) is 12.1. The fourth-order valence-corrected chi connectivity index (χ4v) is 2.71. The van der Waals surface area contributed by atoms with Crippen LogP contribution in [0.2, 0.25) is 0 Å². The summed E-state index contributed by atoms with van der Waals surface area (Å²) in [5, 5.41) is 6.83. The highest BCUT2D eigenvalue weighted by molar-refractivity contribution is 6.04. The average Bonchev–Trinajstić information content (AvgIpc) is 3.11. The molecule has 1 aromatic carbocycles. The Morgan fingerprint density at radius 1 is 1.24 bits per heavy atom. The molecule has 1 aromatic heterocycles. The highest BCUT2D eigenvalue weighted by Gasteiger charge is 2.21. The molecule has 0 aliphatic heterocycles. The Morgan fingerprint density at radius 3 is 2.76 bits per heavy atom. The number of halogens is 2. The van der Waals surface area contributed by atoms with E-state index in [0.29, 0.717) is 5.82 Å². The van der Waals surface area contributed by atoms with Gasteiger partial charge in [-0.3, -0.25) is 4.79 Å². The minimum Gasteiger partial charge on any atom is -0.307 e. The Kier molecular flexibility index (Phi) is 3.68. The van der Waals surface area contributed by atoms with Crippen LogP contribution < -0.4 is 5.32 Å². The molecule has 6 heteroatoms. The number of amides is 1. The van der Waals surface area contributed by atoms with Gasteiger partial charge in [-0.15, -0.1) is 0 Å². The molecule has 1 heterocycles. The summed E-state index contributed by atoms with van der Waals surface area (Å²) in [7, 11) is 0. The van der Waals surface area contributed by atoms with Gasteiger partial charge in [-0.25, -0.2) is 13.5 Å². The van der Waals surface area contributed by atoms with Gasteiger partial charge in [0.1, 0.15) is 17.5 Å². The summed E-state index contributed by atoms with van der Waals surface area (Å²) in [6.45, 7) is 0. The molecular weight excluding hydrogens is 276 g/mol. The van der Waals surface area contributed by atoms with E-state index in [1.807, 2.05) is 0 Å². The van der Waals surface area contributed by atoms with Crippen LogP contribution >= 0.6 is 0 Å². The van der Waals surface area contributed by atoms with E-state index in [1.54, 1.807) is 16.9 Å². The van der Waals surface area contributed by atoms with Crippen LogP contribution in [0.1, 0.15) is 42.1 Å². The third kappa shape index (κ3) is 2.79. The molecule has 0 unspecified atom stereocenters. The lowest BCUT2D eigenvalue weighted by molar-refractivity contribution is 0.102. The molecule has 0 atom stereocenters. The van der Waals surface area contributed by atoms with E-state index < -0.39 is 17.5 Å². The zero-order chi connectivity index (χ0) is 14.8. The zero-order valence-corrected chi connectivity index (χ0v) is 11.4. The molecule has 3 rings (SSSR count). The second-order valence-electron chi connectivity index (χ2n) is 5.18. The normalized spacial score (nSPS) is 15.3. The summed E-state index contributed by atoms with van der Waals surface area (Å²) in [5.41, 5.74) is -0.311. The minimum atomic E-state index is -0.749. The van der Waals surface area contributed by atoms with Crippen LogP contribution in [-0.4, -0.2) is 15.7 Å². The predicted octanol–water partition coefficient (Wildman–Crippen LogP) is 3.53. The van der Waals surface area contributed by atoms with Crippen LogP contribution in [0.15, 0.2) is 30.5 Å². The second kappa shape index (κ2) is 5.63. The Morgan fingerprint density at radius 2 is 2.00 bits per heavy atom. The first-order valence-electron chi connectivity index (χ1n) is 6.95. The van der Waals surface area contributed by atoms with Gasteiger partial charge in [0.2, 0.25) is 0 Å². The molecule has 0 saturated heterocycles. The van der Waals surface area contributed by atoms with Crippen LogP contribution in [0, 0.1) is 11.6 Å². The molecular formula is C15H15F2N3O. The number of hydrogen-bond donors (Lipinski definition) is 1. The first kappa shape index (κ1) is 13.7.